The molecule has 0 aliphatic carbocycles. The zero-order valence-electron chi connectivity index (χ0n) is 18.3. The minimum Gasteiger partial charge on any atom is -0.508 e. The van der Waals surface area contributed by atoms with Gasteiger partial charge in [0.1, 0.15) is 11.5 Å². The van der Waals surface area contributed by atoms with Crippen LogP contribution in [0.25, 0.3) is 0 Å². The molecule has 6 N–H and O–H groups in total. The molecule has 0 aliphatic rings. The molecule has 0 bridgehead atoms. The van der Waals surface area contributed by atoms with E-state index in [9.17, 15) is 15.0 Å². The number of carbonyl (C=O) groups is 1. The summed E-state index contributed by atoms with van der Waals surface area (Å²) in [7, 11) is 0. The van der Waals surface area contributed by atoms with Crippen molar-refractivity contribution in [1.29, 1.82) is 0 Å². The molecule has 168 valence electrons. The fourth-order valence-electron chi connectivity index (χ4n) is 3.77. The highest BCUT2D eigenvalue weighted by Gasteiger charge is 2.23. The van der Waals surface area contributed by atoms with E-state index in [1.165, 1.54) is 0 Å². The van der Waals surface area contributed by atoms with Gasteiger partial charge < -0.3 is 15.9 Å². The van der Waals surface area contributed by atoms with Gasteiger partial charge in [-0.05, 0) is 60.7 Å². The predicted octanol–water partition coefficient (Wildman–Crippen LogP) is 3.12. The fraction of sp³-hybridized carbons (Fsp3) is 0.269. The highest BCUT2D eigenvalue weighted by Crippen LogP contribution is 2.18. The van der Waals surface area contributed by atoms with Crippen LogP contribution in [0.2, 0.25) is 0 Å². The summed E-state index contributed by atoms with van der Waals surface area (Å²) in [5, 5.41) is 27.2. The molecule has 0 unspecified atom stereocenters. The third-order valence-corrected chi connectivity index (χ3v) is 5.60. The van der Waals surface area contributed by atoms with Crippen LogP contribution in [-0.2, 0) is 19.3 Å². The Labute approximate surface area is 189 Å². The lowest BCUT2D eigenvalue weighted by atomic mass is 9.98. The summed E-state index contributed by atoms with van der Waals surface area (Å²) >= 11 is 0. The molecule has 0 fully saturated rings. The van der Waals surface area contributed by atoms with Gasteiger partial charge in [0.05, 0.1) is 5.66 Å². The number of benzene rings is 3. The van der Waals surface area contributed by atoms with Crippen molar-refractivity contribution in [3.63, 3.8) is 0 Å². The number of hydrogen-bond acceptors (Lipinski definition) is 5. The average molecular weight is 434 g/mol. The van der Waals surface area contributed by atoms with Crippen LogP contribution in [0.4, 0.5) is 0 Å². The number of nitrogens with two attached hydrogens (primary N) is 1. The monoisotopic (exact) mass is 433 g/mol. The molecule has 0 heterocycles. The summed E-state index contributed by atoms with van der Waals surface area (Å²) in [6, 6.07) is 22.0. The zero-order valence-corrected chi connectivity index (χ0v) is 18.3. The second kappa shape index (κ2) is 10.8. The highest BCUT2D eigenvalue weighted by molar-refractivity contribution is 5.92. The Kier molecular flexibility index (Phi) is 7.87. The summed E-state index contributed by atoms with van der Waals surface area (Å²) in [5.74, 6) is 0.150. The van der Waals surface area contributed by atoms with Gasteiger partial charge in [-0.2, -0.15) is 0 Å². The molecule has 0 radical (unpaired) electrons. The van der Waals surface area contributed by atoms with Gasteiger partial charge in [-0.25, -0.2) is 0 Å². The number of phenolic OH excluding ortho intramolecular Hbond substituents is 2. The van der Waals surface area contributed by atoms with E-state index < -0.39 is 11.6 Å². The Morgan fingerprint density at radius 1 is 0.812 bits per heavy atom. The van der Waals surface area contributed by atoms with E-state index in [0.717, 1.165) is 16.7 Å². The summed E-state index contributed by atoms with van der Waals surface area (Å²) < 4.78 is 0. The van der Waals surface area contributed by atoms with Gasteiger partial charge in [-0.1, -0.05) is 48.5 Å². The molecular formula is C26H31N3O3. The first-order chi connectivity index (χ1) is 15.4. The van der Waals surface area contributed by atoms with Crippen molar-refractivity contribution in [2.45, 2.75) is 31.8 Å². The van der Waals surface area contributed by atoms with Crippen molar-refractivity contribution < 1.29 is 15.0 Å². The van der Waals surface area contributed by atoms with Crippen molar-refractivity contribution in [1.82, 2.24) is 10.6 Å². The van der Waals surface area contributed by atoms with E-state index >= 15 is 0 Å². The summed E-state index contributed by atoms with van der Waals surface area (Å²) in [5.41, 5.74) is 8.23. The van der Waals surface area contributed by atoms with Crippen LogP contribution < -0.4 is 16.4 Å². The number of hydrogen-bond donors (Lipinski definition) is 5. The molecule has 0 saturated carbocycles. The zero-order chi connectivity index (χ0) is 23.0. The van der Waals surface area contributed by atoms with E-state index in [4.69, 9.17) is 5.73 Å². The number of amides is 1. The SMILES string of the molecule is CC(Cc1ccc(C(N)=O)cc1)(NCCc1ccccc1O)NCCc1ccccc1O. The number of para-hydroxylation sites is 2. The second-order valence-corrected chi connectivity index (χ2v) is 8.18. The van der Waals surface area contributed by atoms with Crippen molar-refractivity contribution in [3.8, 4) is 11.5 Å². The molecular weight excluding hydrogens is 402 g/mol. The molecule has 0 aliphatic heterocycles. The molecule has 0 saturated heterocycles. The number of phenols is 2. The average Bonchev–Trinajstić information content (AvgIpc) is 2.77. The first-order valence-electron chi connectivity index (χ1n) is 10.8. The Hall–Kier alpha value is -3.35. The third kappa shape index (κ3) is 6.57. The summed E-state index contributed by atoms with van der Waals surface area (Å²) in [6.07, 6.45) is 2.04. The standard InChI is InChI=1S/C26H31N3O3/c1-26(18-19-10-12-22(13-11-19)25(27)32,28-16-14-20-6-2-4-8-23(20)30)29-17-15-21-7-3-5-9-24(21)31/h2-13,28-31H,14-18H2,1H3,(H2,27,32). The van der Waals surface area contributed by atoms with Crippen LogP contribution in [0.3, 0.4) is 0 Å². The first-order valence-corrected chi connectivity index (χ1v) is 10.8. The highest BCUT2D eigenvalue weighted by atomic mass is 16.3. The van der Waals surface area contributed by atoms with E-state index in [-0.39, 0.29) is 0 Å². The van der Waals surface area contributed by atoms with Crippen LogP contribution in [0.15, 0.2) is 72.8 Å². The van der Waals surface area contributed by atoms with E-state index in [2.05, 4.69) is 17.6 Å². The van der Waals surface area contributed by atoms with Crippen LogP contribution in [0.1, 0.15) is 34.0 Å². The van der Waals surface area contributed by atoms with E-state index in [1.807, 2.05) is 48.5 Å². The Morgan fingerprint density at radius 2 is 1.28 bits per heavy atom. The lowest BCUT2D eigenvalue weighted by molar-refractivity contribution is 0.100. The molecule has 6 heteroatoms. The largest absolute Gasteiger partial charge is 0.508 e. The normalized spacial score (nSPS) is 11.4. The van der Waals surface area contributed by atoms with Gasteiger partial charge in [-0.3, -0.25) is 15.4 Å². The molecule has 3 rings (SSSR count). The molecule has 1 amide bonds. The molecule has 3 aromatic rings. The molecule has 0 aromatic heterocycles. The van der Waals surface area contributed by atoms with Gasteiger partial charge in [0.15, 0.2) is 0 Å². The van der Waals surface area contributed by atoms with Crippen molar-refractivity contribution >= 4 is 5.91 Å². The van der Waals surface area contributed by atoms with E-state index in [0.29, 0.717) is 49.4 Å². The Bertz CT molecular complexity index is 983. The number of nitrogens with one attached hydrogen (secondary N) is 2. The molecule has 0 atom stereocenters. The van der Waals surface area contributed by atoms with Gasteiger partial charge in [0.25, 0.3) is 0 Å². The minimum absolute atomic E-state index is 0.297. The van der Waals surface area contributed by atoms with Crippen molar-refractivity contribution in [3.05, 3.63) is 95.1 Å². The van der Waals surface area contributed by atoms with Crippen LogP contribution in [-0.4, -0.2) is 34.9 Å². The molecule has 32 heavy (non-hydrogen) atoms. The predicted molar refractivity (Wildman–Crippen MR) is 127 cm³/mol. The van der Waals surface area contributed by atoms with Gasteiger partial charge >= 0.3 is 0 Å². The first kappa shape index (κ1) is 23.3. The summed E-state index contributed by atoms with van der Waals surface area (Å²) in [4.78, 5) is 11.4. The smallest absolute Gasteiger partial charge is 0.248 e. The van der Waals surface area contributed by atoms with Crippen LogP contribution in [0.5, 0.6) is 11.5 Å². The van der Waals surface area contributed by atoms with Crippen molar-refractivity contribution in [2.75, 3.05) is 13.1 Å². The maximum atomic E-state index is 11.4. The van der Waals surface area contributed by atoms with E-state index in [1.54, 1.807) is 24.3 Å². The lowest BCUT2D eigenvalue weighted by Gasteiger charge is -2.33. The minimum atomic E-state index is -0.444. The molecule has 0 spiro atoms. The maximum Gasteiger partial charge on any atom is 0.248 e. The summed E-state index contributed by atoms with van der Waals surface area (Å²) in [6.45, 7) is 3.42. The molecule has 3 aromatic carbocycles. The maximum absolute atomic E-state index is 11.4. The van der Waals surface area contributed by atoms with Crippen molar-refractivity contribution in [2.24, 2.45) is 5.73 Å². The van der Waals surface area contributed by atoms with Crippen LogP contribution >= 0.6 is 0 Å². The second-order valence-electron chi connectivity index (χ2n) is 8.18. The van der Waals surface area contributed by atoms with Gasteiger partial charge in [0.2, 0.25) is 5.91 Å². The number of primary amides is 1. The lowest BCUT2D eigenvalue weighted by Crippen LogP contribution is -2.57. The third-order valence-electron chi connectivity index (χ3n) is 5.60. The molecule has 6 nitrogen and oxygen atoms in total. The topological polar surface area (TPSA) is 108 Å². The number of aromatic hydroxyl groups is 2. The fourth-order valence-corrected chi connectivity index (χ4v) is 3.77. The van der Waals surface area contributed by atoms with Gasteiger partial charge in [0, 0.05) is 25.1 Å². The number of carbonyl (C=O) groups excluding carboxylic acids is 1. The van der Waals surface area contributed by atoms with Gasteiger partial charge in [-0.15, -0.1) is 0 Å². The van der Waals surface area contributed by atoms with Crippen LogP contribution in [0, 0.1) is 0 Å². The Balaban J connectivity index is 1.67. The number of rotatable bonds is 11. The quantitative estimate of drug-likeness (QED) is 0.299. The Morgan fingerprint density at radius 3 is 1.72 bits per heavy atom.